The first-order valence-corrected chi connectivity index (χ1v) is 12.7. The monoisotopic (exact) mass is 514 g/mol. The third-order valence-corrected chi connectivity index (χ3v) is 7.26. The lowest BCUT2D eigenvalue weighted by Gasteiger charge is -2.35. The summed E-state index contributed by atoms with van der Waals surface area (Å²) >= 11 is 6.36. The predicted octanol–water partition coefficient (Wildman–Crippen LogP) is 6.41. The lowest BCUT2D eigenvalue weighted by molar-refractivity contribution is -0.138. The number of nitrogens with one attached hydrogen (secondary N) is 1. The summed E-state index contributed by atoms with van der Waals surface area (Å²) in [5, 5.41) is 13.2. The van der Waals surface area contributed by atoms with Crippen LogP contribution in [0.25, 0.3) is 0 Å². The first-order chi connectivity index (χ1) is 17.8. The molecule has 0 saturated carbocycles. The number of hydrogen-bond acceptors (Lipinski definition) is 4. The van der Waals surface area contributed by atoms with Gasteiger partial charge in [0, 0.05) is 29.1 Å². The van der Waals surface area contributed by atoms with Gasteiger partial charge in [0.25, 0.3) is 0 Å². The minimum Gasteiger partial charge on any atom is -0.481 e. The highest BCUT2D eigenvalue weighted by Crippen LogP contribution is 2.47. The molecule has 0 bridgehead atoms. The number of aliphatic carboxylic acids is 1. The maximum absolute atomic E-state index is 13.9. The number of carboxylic acids is 1. The molecule has 1 aliphatic carbocycles. The minimum absolute atomic E-state index is 0.000727. The van der Waals surface area contributed by atoms with E-state index in [1.165, 1.54) is 0 Å². The van der Waals surface area contributed by atoms with Crippen LogP contribution in [0.15, 0.2) is 84.1 Å². The van der Waals surface area contributed by atoms with Crippen LogP contribution < -0.4 is 10.2 Å². The number of amides is 1. The number of para-hydroxylation sites is 2. The van der Waals surface area contributed by atoms with Gasteiger partial charge in [0.1, 0.15) is 0 Å². The Morgan fingerprint density at radius 2 is 1.73 bits per heavy atom. The van der Waals surface area contributed by atoms with Crippen LogP contribution in [0.1, 0.15) is 54.3 Å². The van der Waals surface area contributed by atoms with E-state index in [1.807, 2.05) is 37.3 Å². The van der Waals surface area contributed by atoms with Gasteiger partial charge in [-0.05, 0) is 54.7 Å². The Balaban J connectivity index is 1.68. The van der Waals surface area contributed by atoms with Crippen molar-refractivity contribution < 1.29 is 19.5 Å². The number of anilines is 2. The van der Waals surface area contributed by atoms with Crippen LogP contribution >= 0.6 is 11.6 Å². The summed E-state index contributed by atoms with van der Waals surface area (Å²) < 4.78 is 0. The smallest absolute Gasteiger partial charge is 0.303 e. The fourth-order valence-corrected chi connectivity index (χ4v) is 5.46. The number of allylic oxidation sites excluding steroid dienone is 1. The summed E-state index contributed by atoms with van der Waals surface area (Å²) in [7, 11) is 0. The Labute approximate surface area is 220 Å². The van der Waals surface area contributed by atoms with Crippen molar-refractivity contribution in [3.63, 3.8) is 0 Å². The molecule has 5 rings (SSSR count). The number of Topliss-reactive ketones (excluding diaryl/α,β-unsaturated/α-hetero) is 1. The zero-order chi connectivity index (χ0) is 26.1. The summed E-state index contributed by atoms with van der Waals surface area (Å²) in [6.07, 6.45) is 0.424. The van der Waals surface area contributed by atoms with Crippen LogP contribution in [0.5, 0.6) is 0 Å². The third-order valence-electron chi connectivity index (χ3n) is 7.02. The second kappa shape index (κ2) is 10.2. The Hall–Kier alpha value is -3.90. The molecule has 0 saturated heterocycles. The van der Waals surface area contributed by atoms with Gasteiger partial charge in [-0.1, -0.05) is 65.7 Å². The second-order valence-corrected chi connectivity index (χ2v) is 10.0. The lowest BCUT2D eigenvalue weighted by Crippen LogP contribution is -2.38. The number of benzene rings is 3. The van der Waals surface area contributed by atoms with Gasteiger partial charge in [-0.25, -0.2) is 0 Å². The summed E-state index contributed by atoms with van der Waals surface area (Å²) in [4.78, 5) is 40.5. The average Bonchev–Trinajstić information content (AvgIpc) is 3.02. The normalized spacial score (nSPS) is 19.0. The van der Waals surface area contributed by atoms with Gasteiger partial charge < -0.3 is 10.4 Å². The van der Waals surface area contributed by atoms with Gasteiger partial charge in [-0.3, -0.25) is 19.3 Å². The Bertz CT molecular complexity index is 1410. The van der Waals surface area contributed by atoms with Crippen LogP contribution in [-0.2, 0) is 14.4 Å². The number of nitrogens with zero attached hydrogens (tertiary/aromatic N) is 1. The molecule has 37 heavy (non-hydrogen) atoms. The zero-order valence-electron chi connectivity index (χ0n) is 20.4. The quantitative estimate of drug-likeness (QED) is 0.410. The van der Waals surface area contributed by atoms with Gasteiger partial charge in [0.05, 0.1) is 23.8 Å². The first kappa shape index (κ1) is 24.8. The topological polar surface area (TPSA) is 86.7 Å². The van der Waals surface area contributed by atoms with Crippen molar-refractivity contribution in [2.24, 2.45) is 0 Å². The molecule has 0 aromatic heterocycles. The number of ketones is 1. The van der Waals surface area contributed by atoms with E-state index in [9.17, 15) is 19.5 Å². The fourth-order valence-electron chi connectivity index (χ4n) is 5.27. The van der Waals surface area contributed by atoms with Crippen LogP contribution in [0.3, 0.4) is 0 Å². The number of carbonyl (C=O) groups is 3. The van der Waals surface area contributed by atoms with Crippen molar-refractivity contribution in [2.75, 3.05) is 10.2 Å². The second-order valence-electron chi connectivity index (χ2n) is 9.59. The van der Waals surface area contributed by atoms with Crippen molar-refractivity contribution >= 4 is 40.6 Å². The Kier molecular flexibility index (Phi) is 6.85. The van der Waals surface area contributed by atoms with Crippen molar-refractivity contribution in [3.05, 3.63) is 106 Å². The highest BCUT2D eigenvalue weighted by Gasteiger charge is 2.41. The molecule has 3 aromatic carbocycles. The molecule has 1 amide bonds. The van der Waals surface area contributed by atoms with Crippen LogP contribution in [0.2, 0.25) is 5.02 Å². The number of carboxylic acid groups (broad SMARTS) is 1. The maximum atomic E-state index is 13.9. The van der Waals surface area contributed by atoms with Crippen molar-refractivity contribution in [2.45, 2.75) is 44.6 Å². The SMILES string of the molecule is Cc1ccc([C@H]2CC(=O)C3=C(C2)Nc2ccccc2N(C(=O)CCC(=O)O)[C@@H]3c2cccc(Cl)c2)cc1. The number of rotatable bonds is 5. The summed E-state index contributed by atoms with van der Waals surface area (Å²) in [6, 6.07) is 22.1. The zero-order valence-corrected chi connectivity index (χ0v) is 21.2. The van der Waals surface area contributed by atoms with Gasteiger partial charge >= 0.3 is 5.97 Å². The van der Waals surface area contributed by atoms with Crippen LogP contribution in [-0.4, -0.2) is 22.8 Å². The van der Waals surface area contributed by atoms with Crippen molar-refractivity contribution in [3.8, 4) is 0 Å². The average molecular weight is 515 g/mol. The van der Waals surface area contributed by atoms with Crippen molar-refractivity contribution in [1.29, 1.82) is 0 Å². The predicted molar refractivity (Wildman–Crippen MR) is 144 cm³/mol. The van der Waals surface area contributed by atoms with Gasteiger partial charge in [0.15, 0.2) is 5.78 Å². The minimum atomic E-state index is -1.05. The van der Waals surface area contributed by atoms with E-state index in [2.05, 4.69) is 29.6 Å². The third kappa shape index (κ3) is 5.02. The van der Waals surface area contributed by atoms with Crippen molar-refractivity contribution in [1.82, 2.24) is 0 Å². The molecule has 2 N–H and O–H groups in total. The molecule has 0 spiro atoms. The van der Waals surface area contributed by atoms with Crippen LogP contribution in [0.4, 0.5) is 11.4 Å². The van der Waals surface area contributed by atoms with E-state index in [-0.39, 0.29) is 30.4 Å². The van der Waals surface area contributed by atoms with Gasteiger partial charge in [0.2, 0.25) is 5.91 Å². The molecular weight excluding hydrogens is 488 g/mol. The molecule has 2 atom stereocenters. The first-order valence-electron chi connectivity index (χ1n) is 12.3. The molecule has 7 heteroatoms. The van der Waals surface area contributed by atoms with E-state index in [0.717, 1.165) is 16.8 Å². The molecule has 0 fully saturated rings. The van der Waals surface area contributed by atoms with Gasteiger partial charge in [-0.15, -0.1) is 0 Å². The van der Waals surface area contributed by atoms with E-state index >= 15 is 0 Å². The number of carbonyl (C=O) groups excluding carboxylic acids is 2. The largest absolute Gasteiger partial charge is 0.481 e. The number of aryl methyl sites for hydroxylation is 1. The Morgan fingerprint density at radius 3 is 2.46 bits per heavy atom. The van der Waals surface area contributed by atoms with E-state index in [1.54, 1.807) is 23.1 Å². The Morgan fingerprint density at radius 1 is 0.973 bits per heavy atom. The fraction of sp³-hybridized carbons (Fsp3) is 0.233. The standard InChI is InChI=1S/C30H27ClN2O4/c1-18-9-11-19(12-10-18)21-16-24-29(26(34)17-21)30(20-5-4-6-22(31)15-20)33(27(35)13-14-28(36)37)25-8-3-2-7-23(25)32-24/h2-12,15,21,30,32H,13-14,16-17H2,1H3,(H,36,37)/t21-,30-/m1/s1. The molecule has 1 aliphatic heterocycles. The molecule has 2 aliphatic rings. The van der Waals surface area contributed by atoms with Crippen LogP contribution in [0, 0.1) is 6.92 Å². The highest BCUT2D eigenvalue weighted by molar-refractivity contribution is 6.30. The number of halogens is 1. The van der Waals surface area contributed by atoms with Gasteiger partial charge in [-0.2, -0.15) is 0 Å². The maximum Gasteiger partial charge on any atom is 0.303 e. The molecule has 188 valence electrons. The molecule has 0 radical (unpaired) electrons. The number of fused-ring (bicyclic) bond motifs is 1. The highest BCUT2D eigenvalue weighted by atomic mass is 35.5. The van der Waals surface area contributed by atoms with E-state index in [4.69, 9.17) is 11.6 Å². The summed E-state index contributed by atoms with van der Waals surface area (Å²) in [5.74, 6) is -1.47. The summed E-state index contributed by atoms with van der Waals surface area (Å²) in [5.41, 5.74) is 5.53. The van der Waals surface area contributed by atoms with E-state index in [0.29, 0.717) is 40.4 Å². The lowest BCUT2D eigenvalue weighted by atomic mass is 9.78. The molecule has 6 nitrogen and oxygen atoms in total. The molecule has 3 aromatic rings. The summed E-state index contributed by atoms with van der Waals surface area (Å²) in [6.45, 7) is 2.03. The number of hydrogen-bond donors (Lipinski definition) is 2. The molecule has 0 unspecified atom stereocenters. The molecule has 1 heterocycles. The van der Waals surface area contributed by atoms with E-state index < -0.39 is 12.0 Å². The molecular formula is C30H27ClN2O4.